The van der Waals surface area contributed by atoms with Crippen molar-refractivity contribution < 1.29 is 19.3 Å². The molecule has 2 atom stereocenters. The Morgan fingerprint density at radius 3 is 2.50 bits per heavy atom. The normalized spacial score (nSPS) is 14.6. The fourth-order valence-electron chi connectivity index (χ4n) is 1.48. The number of phenolic OH excluding ortho intramolecular Hbond substituents is 1. The molecular weight excluding hydrogens is 213 g/mol. The van der Waals surface area contributed by atoms with Crippen LogP contribution in [0.1, 0.15) is 24.2 Å². The minimum Gasteiger partial charge on any atom is -0.505 e. The molecule has 1 aromatic carbocycles. The van der Waals surface area contributed by atoms with Crippen LogP contribution in [0.5, 0.6) is 11.5 Å². The van der Waals surface area contributed by atoms with E-state index in [-0.39, 0.29) is 11.3 Å². The second kappa shape index (κ2) is 4.67. The van der Waals surface area contributed by atoms with Gasteiger partial charge in [-0.1, -0.05) is 0 Å². The summed E-state index contributed by atoms with van der Waals surface area (Å²) < 4.78 is 18.5. The van der Waals surface area contributed by atoms with E-state index in [1.54, 1.807) is 6.92 Å². The lowest BCUT2D eigenvalue weighted by atomic mass is 10.00. The average Bonchev–Trinajstić information content (AvgIpc) is 2.24. The van der Waals surface area contributed by atoms with Crippen LogP contribution in [0, 0.1) is 12.7 Å². The lowest BCUT2D eigenvalue weighted by Crippen LogP contribution is -2.25. The van der Waals surface area contributed by atoms with Crippen LogP contribution in [-0.4, -0.2) is 23.4 Å². The third kappa shape index (κ3) is 2.10. The maximum Gasteiger partial charge on any atom is 0.207 e. The zero-order valence-corrected chi connectivity index (χ0v) is 9.49. The van der Waals surface area contributed by atoms with Gasteiger partial charge < -0.3 is 20.7 Å². The summed E-state index contributed by atoms with van der Waals surface area (Å²) in [4.78, 5) is 0. The van der Waals surface area contributed by atoms with Crippen LogP contribution >= 0.6 is 0 Å². The van der Waals surface area contributed by atoms with Crippen molar-refractivity contribution in [3.8, 4) is 11.5 Å². The first-order chi connectivity index (χ1) is 7.40. The second-order valence-corrected chi connectivity index (χ2v) is 3.78. The van der Waals surface area contributed by atoms with Gasteiger partial charge in [0.2, 0.25) is 5.82 Å². The van der Waals surface area contributed by atoms with Crippen LogP contribution in [0.4, 0.5) is 4.39 Å². The first kappa shape index (κ1) is 12.7. The van der Waals surface area contributed by atoms with Gasteiger partial charge in [0.25, 0.3) is 0 Å². The summed E-state index contributed by atoms with van der Waals surface area (Å²) >= 11 is 0. The molecule has 0 aromatic heterocycles. The molecule has 0 amide bonds. The van der Waals surface area contributed by atoms with Crippen molar-refractivity contribution in [2.45, 2.75) is 26.0 Å². The summed E-state index contributed by atoms with van der Waals surface area (Å²) in [5.41, 5.74) is 6.11. The molecule has 0 heterocycles. The van der Waals surface area contributed by atoms with E-state index in [1.165, 1.54) is 20.1 Å². The quantitative estimate of drug-likeness (QED) is 0.728. The Labute approximate surface area is 93.5 Å². The van der Waals surface area contributed by atoms with Crippen molar-refractivity contribution in [2.75, 3.05) is 7.11 Å². The van der Waals surface area contributed by atoms with Crippen LogP contribution in [0.3, 0.4) is 0 Å². The molecule has 0 radical (unpaired) electrons. The average molecular weight is 229 g/mol. The number of methoxy groups -OCH3 is 1. The smallest absolute Gasteiger partial charge is 0.207 e. The number of hydrogen-bond acceptors (Lipinski definition) is 4. The molecule has 0 fully saturated rings. The fourth-order valence-corrected chi connectivity index (χ4v) is 1.48. The van der Waals surface area contributed by atoms with Gasteiger partial charge in [0.05, 0.1) is 13.2 Å². The summed E-state index contributed by atoms with van der Waals surface area (Å²) in [6.07, 6.45) is -1.04. The largest absolute Gasteiger partial charge is 0.505 e. The van der Waals surface area contributed by atoms with E-state index >= 15 is 0 Å². The van der Waals surface area contributed by atoms with Gasteiger partial charge in [-0.3, -0.25) is 0 Å². The minimum absolute atomic E-state index is 0.173. The Morgan fingerprint density at radius 2 is 2.06 bits per heavy atom. The molecule has 0 aliphatic rings. The molecule has 0 aliphatic carbocycles. The first-order valence-electron chi connectivity index (χ1n) is 4.89. The summed E-state index contributed by atoms with van der Waals surface area (Å²) in [7, 11) is 1.27. The highest BCUT2D eigenvalue weighted by Gasteiger charge is 2.23. The molecular formula is C11H16FNO3. The second-order valence-electron chi connectivity index (χ2n) is 3.78. The number of aromatic hydroxyl groups is 1. The molecule has 1 rings (SSSR count). The molecule has 1 aromatic rings. The topological polar surface area (TPSA) is 75.7 Å². The molecule has 0 spiro atoms. The van der Waals surface area contributed by atoms with Crippen molar-refractivity contribution in [3.63, 3.8) is 0 Å². The molecule has 90 valence electrons. The van der Waals surface area contributed by atoms with Crippen molar-refractivity contribution in [1.82, 2.24) is 0 Å². The molecule has 4 N–H and O–H groups in total. The molecule has 0 saturated heterocycles. The maximum atomic E-state index is 13.6. The predicted molar refractivity (Wildman–Crippen MR) is 58.0 cm³/mol. The van der Waals surface area contributed by atoms with Crippen molar-refractivity contribution >= 4 is 0 Å². The number of phenols is 1. The summed E-state index contributed by atoms with van der Waals surface area (Å²) in [6, 6.07) is 0.905. The number of aliphatic hydroxyl groups is 1. The van der Waals surface area contributed by atoms with Crippen molar-refractivity contribution in [2.24, 2.45) is 5.73 Å². The van der Waals surface area contributed by atoms with Crippen molar-refractivity contribution in [1.29, 1.82) is 0 Å². The van der Waals surface area contributed by atoms with E-state index in [0.29, 0.717) is 5.56 Å². The number of ether oxygens (including phenoxy) is 1. The van der Waals surface area contributed by atoms with Gasteiger partial charge in [0.1, 0.15) is 0 Å². The molecule has 2 unspecified atom stereocenters. The number of rotatable bonds is 3. The lowest BCUT2D eigenvalue weighted by molar-refractivity contribution is 0.148. The van der Waals surface area contributed by atoms with Gasteiger partial charge in [-0.05, 0) is 25.5 Å². The molecule has 4 nitrogen and oxygen atoms in total. The predicted octanol–water partition coefficient (Wildman–Crippen LogP) is 1.23. The molecule has 0 aliphatic heterocycles. The molecule has 0 saturated carbocycles. The SMILES string of the molecule is COc1c(C(O)C(C)N)cc(C)c(O)c1F. The molecule has 5 heteroatoms. The zero-order valence-electron chi connectivity index (χ0n) is 9.49. The standard InChI is InChI=1S/C11H16FNO3/c1-5-4-7(10(15)6(2)13)11(16-3)8(12)9(5)14/h4,6,10,14-15H,13H2,1-3H3. The van der Waals surface area contributed by atoms with Crippen LogP contribution in [0.2, 0.25) is 0 Å². The molecule has 16 heavy (non-hydrogen) atoms. The highest BCUT2D eigenvalue weighted by Crippen LogP contribution is 2.36. The van der Waals surface area contributed by atoms with E-state index in [9.17, 15) is 14.6 Å². The zero-order chi connectivity index (χ0) is 12.5. The van der Waals surface area contributed by atoms with Crippen LogP contribution < -0.4 is 10.5 Å². The van der Waals surface area contributed by atoms with Crippen LogP contribution in [0.25, 0.3) is 0 Å². The Morgan fingerprint density at radius 1 is 1.50 bits per heavy atom. The third-order valence-corrected chi connectivity index (χ3v) is 2.44. The van der Waals surface area contributed by atoms with Crippen LogP contribution in [-0.2, 0) is 0 Å². The maximum absolute atomic E-state index is 13.6. The molecule has 0 bridgehead atoms. The van der Waals surface area contributed by atoms with Crippen LogP contribution in [0.15, 0.2) is 6.07 Å². The van der Waals surface area contributed by atoms with E-state index < -0.39 is 23.7 Å². The number of aryl methyl sites for hydroxylation is 1. The van der Waals surface area contributed by atoms with Gasteiger partial charge in [0, 0.05) is 11.6 Å². The number of aliphatic hydroxyl groups excluding tert-OH is 1. The number of hydrogen-bond donors (Lipinski definition) is 3. The fraction of sp³-hybridized carbons (Fsp3) is 0.455. The van der Waals surface area contributed by atoms with Gasteiger partial charge in [0.15, 0.2) is 11.5 Å². The van der Waals surface area contributed by atoms with E-state index in [4.69, 9.17) is 10.5 Å². The van der Waals surface area contributed by atoms with Gasteiger partial charge in [-0.15, -0.1) is 0 Å². The Balaban J connectivity index is 3.38. The monoisotopic (exact) mass is 229 g/mol. The van der Waals surface area contributed by atoms with E-state index in [2.05, 4.69) is 0 Å². The number of nitrogens with two attached hydrogens (primary N) is 1. The Bertz CT molecular complexity index is 393. The first-order valence-corrected chi connectivity index (χ1v) is 4.89. The van der Waals surface area contributed by atoms with E-state index in [0.717, 1.165) is 0 Å². The van der Waals surface area contributed by atoms with Gasteiger partial charge in [-0.2, -0.15) is 4.39 Å². The third-order valence-electron chi connectivity index (χ3n) is 2.44. The minimum atomic E-state index is -1.04. The van der Waals surface area contributed by atoms with Crippen molar-refractivity contribution in [3.05, 3.63) is 23.0 Å². The Kier molecular flexibility index (Phi) is 3.72. The van der Waals surface area contributed by atoms with Gasteiger partial charge in [-0.25, -0.2) is 0 Å². The summed E-state index contributed by atoms with van der Waals surface area (Å²) in [5, 5.41) is 19.2. The highest BCUT2D eigenvalue weighted by atomic mass is 19.1. The lowest BCUT2D eigenvalue weighted by Gasteiger charge is -2.19. The number of benzene rings is 1. The van der Waals surface area contributed by atoms with Gasteiger partial charge >= 0.3 is 0 Å². The highest BCUT2D eigenvalue weighted by molar-refractivity contribution is 5.48. The summed E-state index contributed by atoms with van der Waals surface area (Å²) in [5.74, 6) is -1.53. The van der Waals surface area contributed by atoms with E-state index in [1.807, 2.05) is 0 Å². The Hall–Kier alpha value is -1.33. The number of halogens is 1. The summed E-state index contributed by atoms with van der Waals surface area (Å²) in [6.45, 7) is 3.14.